The second-order valence-electron chi connectivity index (χ2n) is 1.67. The first-order valence-electron chi connectivity index (χ1n) is 2.34. The number of nitrogens with zero attached hydrogens (tertiary/aromatic N) is 2. The Balaban J connectivity index is 2.93. The lowest BCUT2D eigenvalue weighted by molar-refractivity contribution is 0.479. The van der Waals surface area contributed by atoms with Crippen LogP contribution in [0.5, 0.6) is 0 Å². The van der Waals surface area contributed by atoms with Crippen molar-refractivity contribution in [3.63, 3.8) is 0 Å². The Kier molecular flexibility index (Phi) is 1.45. The number of aliphatic imine (C=N–C) groups is 2. The third-order valence-corrected chi connectivity index (χ3v) is 1.74. The molecule has 10 heavy (non-hydrogen) atoms. The molecule has 0 unspecified atom stereocenters. The molecule has 3 N–H and O–H groups in total. The third kappa shape index (κ3) is 1.31. The van der Waals surface area contributed by atoms with Gasteiger partial charge in [0, 0.05) is 0 Å². The van der Waals surface area contributed by atoms with Crippen LogP contribution in [-0.4, -0.2) is 30.5 Å². The maximum absolute atomic E-state index is 10.3. The number of nitrogens with two attached hydrogens (primary N) is 1. The summed E-state index contributed by atoms with van der Waals surface area (Å²) >= 11 is 0. The van der Waals surface area contributed by atoms with E-state index in [-0.39, 0.29) is 5.96 Å². The van der Waals surface area contributed by atoms with Crippen LogP contribution in [-0.2, 0) is 10.1 Å². The van der Waals surface area contributed by atoms with Crippen LogP contribution in [0.15, 0.2) is 9.98 Å². The van der Waals surface area contributed by atoms with E-state index in [0.717, 1.165) is 6.21 Å². The zero-order chi connectivity index (χ0) is 7.78. The minimum Gasteiger partial charge on any atom is -0.368 e. The Labute approximate surface area is 57.2 Å². The summed E-state index contributed by atoms with van der Waals surface area (Å²) in [6.45, 7) is 0. The molecule has 0 aromatic heterocycles. The summed E-state index contributed by atoms with van der Waals surface area (Å²) in [6, 6.07) is 0. The van der Waals surface area contributed by atoms with Crippen molar-refractivity contribution in [2.75, 3.05) is 0 Å². The molecule has 0 bridgehead atoms. The van der Waals surface area contributed by atoms with Gasteiger partial charge >= 0.3 is 0 Å². The van der Waals surface area contributed by atoms with Crippen LogP contribution in [0.25, 0.3) is 0 Å². The molecule has 0 saturated carbocycles. The largest absolute Gasteiger partial charge is 0.368 e. The van der Waals surface area contributed by atoms with E-state index in [0.29, 0.717) is 0 Å². The van der Waals surface area contributed by atoms with Gasteiger partial charge in [-0.3, -0.25) is 4.55 Å². The Morgan fingerprint density at radius 2 is 2.30 bits per heavy atom. The van der Waals surface area contributed by atoms with Crippen LogP contribution in [0.2, 0.25) is 0 Å². The van der Waals surface area contributed by atoms with Gasteiger partial charge in [0.2, 0.25) is 11.3 Å². The van der Waals surface area contributed by atoms with E-state index in [1.54, 1.807) is 0 Å². The van der Waals surface area contributed by atoms with E-state index in [2.05, 4.69) is 9.98 Å². The summed E-state index contributed by atoms with van der Waals surface area (Å²) < 4.78 is 28.9. The summed E-state index contributed by atoms with van der Waals surface area (Å²) in [5.74, 6) is -0.136. The van der Waals surface area contributed by atoms with Gasteiger partial charge in [0.05, 0.1) is 6.21 Å². The zero-order valence-electron chi connectivity index (χ0n) is 4.80. The van der Waals surface area contributed by atoms with E-state index in [9.17, 15) is 8.42 Å². The highest BCUT2D eigenvalue weighted by molar-refractivity contribution is 7.87. The van der Waals surface area contributed by atoms with Crippen LogP contribution in [0, 0.1) is 0 Å². The van der Waals surface area contributed by atoms with Crippen molar-refractivity contribution in [3.05, 3.63) is 0 Å². The Morgan fingerprint density at radius 1 is 1.70 bits per heavy atom. The maximum Gasteiger partial charge on any atom is 0.293 e. The molecule has 0 saturated heterocycles. The SMILES string of the molecule is NC1=N[C@H](S(=O)(=O)O)C=N1. The number of rotatable bonds is 1. The molecule has 0 aromatic carbocycles. The minimum absolute atomic E-state index is 0.136. The Hall–Kier alpha value is -0.950. The molecular weight excluding hydrogens is 158 g/mol. The Bertz CT molecular complexity index is 290. The monoisotopic (exact) mass is 163 g/mol. The van der Waals surface area contributed by atoms with Gasteiger partial charge in [-0.2, -0.15) is 8.42 Å². The van der Waals surface area contributed by atoms with Gasteiger partial charge in [0.15, 0.2) is 0 Å². The zero-order valence-corrected chi connectivity index (χ0v) is 5.61. The van der Waals surface area contributed by atoms with Crippen LogP contribution in [0.3, 0.4) is 0 Å². The first-order valence-corrected chi connectivity index (χ1v) is 3.84. The molecular formula is C3H5N3O3S. The molecule has 7 heteroatoms. The van der Waals surface area contributed by atoms with E-state index in [1.165, 1.54) is 0 Å². The molecule has 1 rings (SSSR count). The maximum atomic E-state index is 10.3. The van der Waals surface area contributed by atoms with E-state index in [4.69, 9.17) is 10.3 Å². The summed E-state index contributed by atoms with van der Waals surface area (Å²) in [4.78, 5) is 6.64. The lowest BCUT2D eigenvalue weighted by Gasteiger charge is -1.94. The lowest BCUT2D eigenvalue weighted by atomic mass is 10.8. The number of hydrogen-bond acceptors (Lipinski definition) is 5. The van der Waals surface area contributed by atoms with E-state index < -0.39 is 15.5 Å². The topological polar surface area (TPSA) is 105 Å². The molecule has 0 aromatic rings. The van der Waals surface area contributed by atoms with Gasteiger partial charge in [-0.1, -0.05) is 0 Å². The molecule has 1 aliphatic heterocycles. The highest BCUT2D eigenvalue weighted by Gasteiger charge is 2.23. The predicted octanol–water partition coefficient (Wildman–Crippen LogP) is -1.40. The fraction of sp³-hybridized carbons (Fsp3) is 0.333. The number of hydrogen-bond donors (Lipinski definition) is 2. The lowest BCUT2D eigenvalue weighted by Crippen LogP contribution is -2.17. The average molecular weight is 163 g/mol. The highest BCUT2D eigenvalue weighted by Crippen LogP contribution is 2.02. The molecule has 0 fully saturated rings. The summed E-state index contributed by atoms with van der Waals surface area (Å²) in [7, 11) is -4.15. The van der Waals surface area contributed by atoms with Crippen LogP contribution in [0.4, 0.5) is 0 Å². The predicted molar refractivity (Wildman–Crippen MR) is 35.5 cm³/mol. The van der Waals surface area contributed by atoms with Crippen LogP contribution < -0.4 is 5.73 Å². The first kappa shape index (κ1) is 7.16. The smallest absolute Gasteiger partial charge is 0.293 e. The fourth-order valence-corrected chi connectivity index (χ4v) is 0.937. The fourth-order valence-electron chi connectivity index (χ4n) is 0.481. The molecule has 1 aliphatic rings. The highest BCUT2D eigenvalue weighted by atomic mass is 32.2. The number of guanidine groups is 1. The molecule has 0 aliphatic carbocycles. The molecule has 56 valence electrons. The van der Waals surface area contributed by atoms with Gasteiger partial charge in [0.25, 0.3) is 10.1 Å². The molecule has 1 heterocycles. The van der Waals surface area contributed by atoms with Crippen molar-refractivity contribution < 1.29 is 13.0 Å². The molecule has 0 spiro atoms. The second-order valence-corrected chi connectivity index (χ2v) is 3.18. The first-order chi connectivity index (χ1) is 4.50. The van der Waals surface area contributed by atoms with Crippen molar-refractivity contribution in [1.29, 1.82) is 0 Å². The van der Waals surface area contributed by atoms with Crippen molar-refractivity contribution in [3.8, 4) is 0 Å². The second kappa shape index (κ2) is 2.03. The van der Waals surface area contributed by atoms with E-state index in [1.807, 2.05) is 0 Å². The van der Waals surface area contributed by atoms with Crippen molar-refractivity contribution in [2.45, 2.75) is 5.37 Å². The van der Waals surface area contributed by atoms with Crippen LogP contribution in [0.1, 0.15) is 0 Å². The minimum atomic E-state index is -4.15. The van der Waals surface area contributed by atoms with Gasteiger partial charge in [-0.15, -0.1) is 0 Å². The van der Waals surface area contributed by atoms with Crippen LogP contribution >= 0.6 is 0 Å². The standard InChI is InChI=1S/C3H5N3O3S/c4-3-5-1-2(6-3)10(7,8)9/h1-2H,(H2,4,6)(H,7,8,9)/t2-/m1/s1. The molecule has 0 amide bonds. The summed E-state index contributed by atoms with van der Waals surface area (Å²) in [6.07, 6.45) is 0.963. The van der Waals surface area contributed by atoms with Crippen molar-refractivity contribution in [2.24, 2.45) is 15.7 Å². The quantitative estimate of drug-likeness (QED) is 0.463. The average Bonchev–Trinajstić information content (AvgIpc) is 2.11. The molecule has 6 nitrogen and oxygen atoms in total. The summed E-state index contributed by atoms with van der Waals surface area (Å²) in [5, 5.41) is -1.31. The molecule has 0 radical (unpaired) electrons. The summed E-state index contributed by atoms with van der Waals surface area (Å²) in [5.41, 5.74) is 5.00. The van der Waals surface area contributed by atoms with Gasteiger partial charge in [0.1, 0.15) is 0 Å². The van der Waals surface area contributed by atoms with Crippen molar-refractivity contribution in [1.82, 2.24) is 0 Å². The molecule has 1 atom stereocenters. The normalized spacial score (nSPS) is 24.9. The van der Waals surface area contributed by atoms with Gasteiger partial charge in [-0.05, 0) is 0 Å². The third-order valence-electron chi connectivity index (χ3n) is 0.899. The van der Waals surface area contributed by atoms with Gasteiger partial charge in [-0.25, -0.2) is 9.98 Å². The van der Waals surface area contributed by atoms with E-state index >= 15 is 0 Å². The van der Waals surface area contributed by atoms with Gasteiger partial charge < -0.3 is 5.73 Å². The Morgan fingerprint density at radius 3 is 2.50 bits per heavy atom. The van der Waals surface area contributed by atoms with Crippen molar-refractivity contribution >= 4 is 22.3 Å².